The third-order valence-electron chi connectivity index (χ3n) is 1.47. The third kappa shape index (κ3) is 2.40. The molecule has 0 saturated heterocycles. The van der Waals surface area contributed by atoms with Gasteiger partial charge in [-0.1, -0.05) is 0 Å². The molecule has 0 amide bonds. The quantitative estimate of drug-likeness (QED) is 0.703. The van der Waals surface area contributed by atoms with Crippen molar-refractivity contribution in [3.63, 3.8) is 0 Å². The topological polar surface area (TPSA) is 70.5 Å². The van der Waals surface area contributed by atoms with Crippen molar-refractivity contribution in [1.29, 1.82) is 0 Å². The molecule has 1 aromatic rings. The van der Waals surface area contributed by atoms with E-state index in [1.165, 1.54) is 18.3 Å². The largest absolute Gasteiger partial charge is 0.363 e. The van der Waals surface area contributed by atoms with Gasteiger partial charge in [0.15, 0.2) is 0 Å². The van der Waals surface area contributed by atoms with Crippen molar-refractivity contribution >= 4 is 15.9 Å². The summed E-state index contributed by atoms with van der Waals surface area (Å²) in [6, 6.07) is 2.54. The maximum atomic E-state index is 10.7. The van der Waals surface area contributed by atoms with Crippen LogP contribution < -0.4 is 4.90 Å². The molecule has 0 aliphatic heterocycles. The molecule has 0 atom stereocenters. The normalized spacial score (nSPS) is 11.3. The summed E-state index contributed by atoms with van der Waals surface area (Å²) in [6.45, 7) is 0. The first kappa shape index (κ1) is 9.94. The van der Waals surface area contributed by atoms with Crippen LogP contribution in [-0.2, 0) is 10.1 Å². The second-order valence-corrected chi connectivity index (χ2v) is 4.14. The van der Waals surface area contributed by atoms with Crippen molar-refractivity contribution < 1.29 is 13.0 Å². The van der Waals surface area contributed by atoms with Gasteiger partial charge < -0.3 is 4.90 Å². The third-order valence-corrected chi connectivity index (χ3v) is 2.32. The lowest BCUT2D eigenvalue weighted by molar-refractivity contribution is 0.483. The van der Waals surface area contributed by atoms with E-state index in [0.717, 1.165) is 0 Å². The molecule has 13 heavy (non-hydrogen) atoms. The Morgan fingerprint density at radius 3 is 2.54 bits per heavy atom. The maximum absolute atomic E-state index is 10.7. The van der Waals surface area contributed by atoms with Gasteiger partial charge in [-0.25, -0.2) is 4.98 Å². The number of aromatic nitrogens is 1. The van der Waals surface area contributed by atoms with Crippen LogP contribution in [0.3, 0.4) is 0 Å². The summed E-state index contributed by atoms with van der Waals surface area (Å²) >= 11 is 0. The molecule has 1 rings (SSSR count). The van der Waals surface area contributed by atoms with E-state index in [1.54, 1.807) is 19.0 Å². The van der Waals surface area contributed by atoms with Gasteiger partial charge in [-0.05, 0) is 6.07 Å². The number of nitrogens with zero attached hydrogens (tertiary/aromatic N) is 2. The molecule has 0 spiro atoms. The molecule has 0 aromatic carbocycles. The summed E-state index contributed by atoms with van der Waals surface area (Å²) in [6.07, 6.45) is 1.33. The Kier molecular flexibility index (Phi) is 2.53. The summed E-state index contributed by atoms with van der Waals surface area (Å²) in [5.41, 5.74) is 0. The minimum absolute atomic E-state index is 0.147. The van der Waals surface area contributed by atoms with Crippen molar-refractivity contribution in [2.45, 2.75) is 4.90 Å². The lowest BCUT2D eigenvalue weighted by Crippen LogP contribution is -2.11. The monoisotopic (exact) mass is 202 g/mol. The van der Waals surface area contributed by atoms with Crippen molar-refractivity contribution in [2.75, 3.05) is 19.0 Å². The number of hydrogen-bond acceptors (Lipinski definition) is 4. The van der Waals surface area contributed by atoms with Crippen LogP contribution in [-0.4, -0.2) is 32.0 Å². The predicted octanol–water partition coefficient (Wildman–Crippen LogP) is 0.394. The van der Waals surface area contributed by atoms with Gasteiger partial charge in [0.2, 0.25) is 0 Å². The fourth-order valence-electron chi connectivity index (χ4n) is 0.805. The standard InChI is InChI=1S/C7H10N2O3S/c1-9(2)7-5-6(3-4-8-7)13(10,11)12/h3-5H,1-2H3,(H,10,11,12). The minimum Gasteiger partial charge on any atom is -0.363 e. The second-order valence-electron chi connectivity index (χ2n) is 2.72. The summed E-state index contributed by atoms with van der Waals surface area (Å²) in [5, 5.41) is 0. The summed E-state index contributed by atoms with van der Waals surface area (Å²) in [5.74, 6) is 0.482. The molecule has 0 radical (unpaired) electrons. The molecule has 1 heterocycles. The van der Waals surface area contributed by atoms with Crippen LogP contribution in [0.2, 0.25) is 0 Å². The van der Waals surface area contributed by atoms with Crippen LogP contribution in [0.15, 0.2) is 23.2 Å². The summed E-state index contributed by atoms with van der Waals surface area (Å²) in [7, 11) is -0.661. The highest BCUT2D eigenvalue weighted by atomic mass is 32.2. The summed E-state index contributed by atoms with van der Waals surface area (Å²) < 4.78 is 30.2. The van der Waals surface area contributed by atoms with Crippen LogP contribution >= 0.6 is 0 Å². The fraction of sp³-hybridized carbons (Fsp3) is 0.286. The SMILES string of the molecule is CN(C)c1cc(S(=O)(=O)O)ccn1. The van der Waals surface area contributed by atoms with E-state index in [-0.39, 0.29) is 4.90 Å². The van der Waals surface area contributed by atoms with Crippen LogP contribution in [0.1, 0.15) is 0 Å². The average Bonchev–Trinajstić information content (AvgIpc) is 2.03. The molecule has 1 N–H and O–H groups in total. The van der Waals surface area contributed by atoms with Gasteiger partial charge in [-0.2, -0.15) is 8.42 Å². The highest BCUT2D eigenvalue weighted by molar-refractivity contribution is 7.85. The van der Waals surface area contributed by atoms with Crippen molar-refractivity contribution in [1.82, 2.24) is 4.98 Å². The Balaban J connectivity index is 3.21. The second kappa shape index (κ2) is 3.31. The van der Waals surface area contributed by atoms with E-state index in [0.29, 0.717) is 5.82 Å². The zero-order valence-electron chi connectivity index (χ0n) is 7.30. The zero-order chi connectivity index (χ0) is 10.1. The first-order chi connectivity index (χ1) is 5.91. The summed E-state index contributed by atoms with van der Waals surface area (Å²) in [4.78, 5) is 5.40. The van der Waals surface area contributed by atoms with Crippen LogP contribution in [0.25, 0.3) is 0 Å². The van der Waals surface area contributed by atoms with Gasteiger partial charge in [0.1, 0.15) is 5.82 Å². The van der Waals surface area contributed by atoms with Gasteiger partial charge >= 0.3 is 0 Å². The Hall–Kier alpha value is -1.14. The van der Waals surface area contributed by atoms with Gasteiger partial charge in [0, 0.05) is 26.4 Å². The molecule has 0 aliphatic rings. The predicted molar refractivity (Wildman–Crippen MR) is 48.4 cm³/mol. The molecule has 6 heteroatoms. The van der Waals surface area contributed by atoms with Crippen LogP contribution in [0.4, 0.5) is 5.82 Å². The van der Waals surface area contributed by atoms with Gasteiger partial charge in [-0.15, -0.1) is 0 Å². The van der Waals surface area contributed by atoms with Gasteiger partial charge in [0.05, 0.1) is 4.90 Å². The Labute approximate surface area is 76.8 Å². The molecule has 1 aromatic heterocycles. The van der Waals surface area contributed by atoms with Gasteiger partial charge in [-0.3, -0.25) is 4.55 Å². The van der Waals surface area contributed by atoms with E-state index in [2.05, 4.69) is 4.98 Å². The smallest absolute Gasteiger partial charge is 0.294 e. The lowest BCUT2D eigenvalue weighted by Gasteiger charge is -2.10. The van der Waals surface area contributed by atoms with Crippen molar-refractivity contribution in [3.8, 4) is 0 Å². The number of pyridine rings is 1. The fourth-order valence-corrected chi connectivity index (χ4v) is 1.29. The van der Waals surface area contributed by atoms with Crippen molar-refractivity contribution in [2.24, 2.45) is 0 Å². The first-order valence-corrected chi connectivity index (χ1v) is 4.96. The first-order valence-electron chi connectivity index (χ1n) is 3.52. The highest BCUT2D eigenvalue weighted by Gasteiger charge is 2.10. The molecule has 0 aliphatic carbocycles. The molecule has 5 nitrogen and oxygen atoms in total. The Morgan fingerprint density at radius 1 is 1.46 bits per heavy atom. The highest BCUT2D eigenvalue weighted by Crippen LogP contribution is 2.13. The maximum Gasteiger partial charge on any atom is 0.294 e. The molecule has 0 fully saturated rings. The molecule has 72 valence electrons. The molecule has 0 unspecified atom stereocenters. The molecular weight excluding hydrogens is 192 g/mol. The minimum atomic E-state index is -4.13. The number of anilines is 1. The van der Waals surface area contributed by atoms with Crippen molar-refractivity contribution in [3.05, 3.63) is 18.3 Å². The van der Waals surface area contributed by atoms with Crippen LogP contribution in [0.5, 0.6) is 0 Å². The Bertz CT molecular complexity index is 400. The van der Waals surface area contributed by atoms with E-state index >= 15 is 0 Å². The van der Waals surface area contributed by atoms with E-state index < -0.39 is 10.1 Å². The molecule has 0 saturated carbocycles. The lowest BCUT2D eigenvalue weighted by atomic mass is 10.4. The number of hydrogen-bond donors (Lipinski definition) is 1. The van der Waals surface area contributed by atoms with E-state index in [1.807, 2.05) is 0 Å². The van der Waals surface area contributed by atoms with Crippen LogP contribution in [0, 0.1) is 0 Å². The number of rotatable bonds is 2. The zero-order valence-corrected chi connectivity index (χ0v) is 8.11. The Morgan fingerprint density at radius 2 is 2.08 bits per heavy atom. The molecule has 0 bridgehead atoms. The van der Waals surface area contributed by atoms with E-state index in [9.17, 15) is 8.42 Å². The average molecular weight is 202 g/mol. The van der Waals surface area contributed by atoms with Gasteiger partial charge in [0.25, 0.3) is 10.1 Å². The van der Waals surface area contributed by atoms with E-state index in [4.69, 9.17) is 4.55 Å². The molecular formula is C7H10N2O3S.